The molecule has 0 saturated heterocycles. The van der Waals surface area contributed by atoms with Crippen LogP contribution in [-0.4, -0.2) is 84.9 Å². The molecular weight excluding hydrogens is 212 g/mol. The fourth-order valence-electron chi connectivity index (χ4n) is 1.89. The Hall–Kier alpha value is -0.240. The molecular formula is C10H28N2O4. The van der Waals surface area contributed by atoms with Crippen molar-refractivity contribution in [3.8, 4) is 0 Å². The van der Waals surface area contributed by atoms with Gasteiger partial charge in [0.05, 0.1) is 48.7 Å². The molecule has 0 aromatic heterocycles. The number of rotatable bonds is 5. The van der Waals surface area contributed by atoms with Crippen LogP contribution in [0.5, 0.6) is 0 Å². The SMILES string of the molecule is C[N+](C)(C)C(O)(CCCO)[N+](C)(C)C.[OH-].[OH-]. The summed E-state index contributed by atoms with van der Waals surface area (Å²) < 4.78 is 0.938. The lowest BCUT2D eigenvalue weighted by Crippen LogP contribution is -2.72. The number of hydrogen-bond donors (Lipinski definition) is 2. The van der Waals surface area contributed by atoms with Crippen molar-refractivity contribution < 1.29 is 30.1 Å². The summed E-state index contributed by atoms with van der Waals surface area (Å²) >= 11 is 0. The Morgan fingerprint density at radius 2 is 1.19 bits per heavy atom. The van der Waals surface area contributed by atoms with E-state index in [1.165, 1.54) is 0 Å². The maximum Gasteiger partial charge on any atom is 0.338 e. The fraction of sp³-hybridized carbons (Fsp3) is 1.00. The van der Waals surface area contributed by atoms with Crippen molar-refractivity contribution in [1.82, 2.24) is 0 Å². The van der Waals surface area contributed by atoms with Crippen molar-refractivity contribution in [2.75, 3.05) is 48.9 Å². The quantitative estimate of drug-likeness (QED) is 0.498. The summed E-state index contributed by atoms with van der Waals surface area (Å²) in [5.41, 5.74) is 0. The normalized spacial score (nSPS) is 12.8. The predicted octanol–water partition coefficient (Wildman–Crippen LogP) is -0.536. The molecule has 0 saturated carbocycles. The average molecular weight is 240 g/mol. The van der Waals surface area contributed by atoms with Crippen LogP contribution in [0.15, 0.2) is 0 Å². The zero-order chi connectivity index (χ0) is 11.6. The van der Waals surface area contributed by atoms with Gasteiger partial charge in [-0.3, -0.25) is 14.1 Å². The van der Waals surface area contributed by atoms with Crippen LogP contribution >= 0.6 is 0 Å². The molecule has 4 N–H and O–H groups in total. The summed E-state index contributed by atoms with van der Waals surface area (Å²) in [6.07, 6.45) is 1.22. The highest BCUT2D eigenvalue weighted by molar-refractivity contribution is 4.54. The molecule has 16 heavy (non-hydrogen) atoms. The molecule has 0 aromatic rings. The van der Waals surface area contributed by atoms with Crippen LogP contribution in [-0.2, 0) is 0 Å². The predicted molar refractivity (Wildman–Crippen MR) is 61.2 cm³/mol. The molecule has 0 fully saturated rings. The minimum atomic E-state index is -0.858. The molecule has 0 aromatic carbocycles. The smallest absolute Gasteiger partial charge is 0.338 e. The highest BCUT2D eigenvalue weighted by Crippen LogP contribution is 2.28. The highest BCUT2D eigenvalue weighted by atomic mass is 16.3. The van der Waals surface area contributed by atoms with Crippen LogP contribution in [0.1, 0.15) is 12.8 Å². The second-order valence-electron chi connectivity index (χ2n) is 5.63. The lowest BCUT2D eigenvalue weighted by molar-refractivity contribution is -1.15. The Balaban J connectivity index is -0.000000845. The van der Waals surface area contributed by atoms with Gasteiger partial charge in [0.25, 0.3) is 0 Å². The van der Waals surface area contributed by atoms with E-state index in [1.54, 1.807) is 0 Å². The molecule has 0 atom stereocenters. The number of quaternary nitrogens is 2. The second kappa shape index (κ2) is 6.48. The van der Waals surface area contributed by atoms with Gasteiger partial charge in [0, 0.05) is 6.61 Å². The summed E-state index contributed by atoms with van der Waals surface area (Å²) in [6, 6.07) is 0. The van der Waals surface area contributed by atoms with E-state index < -0.39 is 5.85 Å². The zero-order valence-corrected chi connectivity index (χ0v) is 11.3. The summed E-state index contributed by atoms with van der Waals surface area (Å²) in [5, 5.41) is 19.5. The number of hydrogen-bond acceptors (Lipinski definition) is 4. The van der Waals surface area contributed by atoms with Gasteiger partial charge in [-0.25, -0.2) is 0 Å². The highest BCUT2D eigenvalue weighted by Gasteiger charge is 2.52. The summed E-state index contributed by atoms with van der Waals surface area (Å²) in [6.45, 7) is 0.127. The summed E-state index contributed by atoms with van der Waals surface area (Å²) in [5.74, 6) is -0.858. The third-order valence-electron chi connectivity index (χ3n) is 2.82. The molecule has 0 radical (unpaired) electrons. The van der Waals surface area contributed by atoms with Gasteiger partial charge in [-0.1, -0.05) is 0 Å². The van der Waals surface area contributed by atoms with E-state index in [0.717, 1.165) is 0 Å². The zero-order valence-electron chi connectivity index (χ0n) is 11.3. The van der Waals surface area contributed by atoms with Crippen molar-refractivity contribution in [1.29, 1.82) is 0 Å². The van der Waals surface area contributed by atoms with E-state index in [4.69, 9.17) is 5.11 Å². The molecule has 0 aliphatic carbocycles. The van der Waals surface area contributed by atoms with Gasteiger partial charge in [-0.15, -0.1) is 0 Å². The molecule has 0 unspecified atom stereocenters. The van der Waals surface area contributed by atoms with Crippen LogP contribution < -0.4 is 0 Å². The van der Waals surface area contributed by atoms with E-state index in [-0.39, 0.29) is 17.6 Å². The van der Waals surface area contributed by atoms with Gasteiger partial charge in [-0.05, 0) is 6.42 Å². The monoisotopic (exact) mass is 240 g/mol. The summed E-state index contributed by atoms with van der Waals surface area (Å²) in [4.78, 5) is 0. The van der Waals surface area contributed by atoms with Gasteiger partial charge < -0.3 is 16.1 Å². The summed E-state index contributed by atoms with van der Waals surface area (Å²) in [7, 11) is 11.8. The average Bonchev–Trinajstić information content (AvgIpc) is 1.95. The second-order valence-corrected chi connectivity index (χ2v) is 5.63. The van der Waals surface area contributed by atoms with Gasteiger partial charge >= 0.3 is 5.85 Å². The first kappa shape index (κ1) is 21.1. The minimum Gasteiger partial charge on any atom is -0.870 e. The topological polar surface area (TPSA) is 100 Å². The lowest BCUT2D eigenvalue weighted by Gasteiger charge is -2.48. The van der Waals surface area contributed by atoms with E-state index in [1.807, 2.05) is 42.3 Å². The van der Waals surface area contributed by atoms with Crippen molar-refractivity contribution in [3.63, 3.8) is 0 Å². The van der Waals surface area contributed by atoms with Crippen molar-refractivity contribution >= 4 is 0 Å². The molecule has 6 nitrogen and oxygen atoms in total. The molecule has 6 heteroatoms. The number of nitrogens with zero attached hydrogens (tertiary/aromatic N) is 2. The van der Waals surface area contributed by atoms with Crippen LogP contribution in [0, 0.1) is 0 Å². The maximum absolute atomic E-state index is 10.6. The van der Waals surface area contributed by atoms with Crippen molar-refractivity contribution in [2.45, 2.75) is 18.7 Å². The minimum absolute atomic E-state index is 0. The first-order valence-corrected chi connectivity index (χ1v) is 5.02. The van der Waals surface area contributed by atoms with Gasteiger partial charge in [0.2, 0.25) is 0 Å². The molecule has 0 aliphatic heterocycles. The lowest BCUT2D eigenvalue weighted by atomic mass is 10.1. The van der Waals surface area contributed by atoms with Crippen molar-refractivity contribution in [2.24, 2.45) is 0 Å². The van der Waals surface area contributed by atoms with Crippen LogP contribution in [0.3, 0.4) is 0 Å². The maximum atomic E-state index is 10.6. The third kappa shape index (κ3) is 4.32. The Morgan fingerprint density at radius 3 is 1.38 bits per heavy atom. The van der Waals surface area contributed by atoms with E-state index in [0.29, 0.717) is 21.8 Å². The van der Waals surface area contributed by atoms with Crippen LogP contribution in [0.4, 0.5) is 0 Å². The van der Waals surface area contributed by atoms with Gasteiger partial charge in [0.1, 0.15) is 0 Å². The van der Waals surface area contributed by atoms with Crippen LogP contribution in [0.25, 0.3) is 0 Å². The molecule has 0 spiro atoms. The van der Waals surface area contributed by atoms with E-state index >= 15 is 0 Å². The number of aliphatic hydroxyl groups excluding tert-OH is 1. The van der Waals surface area contributed by atoms with E-state index in [9.17, 15) is 5.11 Å². The first-order chi connectivity index (χ1) is 6.06. The Morgan fingerprint density at radius 1 is 0.875 bits per heavy atom. The molecule has 0 rings (SSSR count). The third-order valence-corrected chi connectivity index (χ3v) is 2.82. The van der Waals surface area contributed by atoms with Gasteiger partial charge in [0.15, 0.2) is 0 Å². The van der Waals surface area contributed by atoms with Crippen LogP contribution in [0.2, 0.25) is 0 Å². The molecule has 0 heterocycles. The molecule has 0 aliphatic rings. The van der Waals surface area contributed by atoms with E-state index in [2.05, 4.69) is 0 Å². The van der Waals surface area contributed by atoms with Crippen molar-refractivity contribution in [3.05, 3.63) is 0 Å². The Kier molecular flexibility index (Phi) is 8.55. The standard InChI is InChI=1S/C10H26N2O2.2H2O/c1-11(2,3)10(14,8-7-9-13)12(4,5)6;;/h13-14H,7-9H2,1-6H3;2*1H2/q+2;;/p-2. The first-order valence-electron chi connectivity index (χ1n) is 5.02. The van der Waals surface area contributed by atoms with Gasteiger partial charge in [-0.2, -0.15) is 0 Å². The molecule has 0 bridgehead atoms. The fourth-order valence-corrected chi connectivity index (χ4v) is 1.89. The Bertz CT molecular complexity index is 170. The largest absolute Gasteiger partial charge is 0.870 e. The Labute approximate surface area is 98.5 Å². The molecule has 0 amide bonds. The number of aliphatic hydroxyl groups is 2. The molecule has 102 valence electrons.